The minimum atomic E-state index is 0.0237. The highest BCUT2D eigenvalue weighted by Crippen LogP contribution is 2.12. The summed E-state index contributed by atoms with van der Waals surface area (Å²) < 4.78 is 5.30. The van der Waals surface area contributed by atoms with Gasteiger partial charge in [-0.3, -0.25) is 4.79 Å². The lowest BCUT2D eigenvalue weighted by Gasteiger charge is -2.07. The van der Waals surface area contributed by atoms with Crippen molar-refractivity contribution in [2.45, 2.75) is 19.3 Å². The Bertz CT molecular complexity index is 405. The highest BCUT2D eigenvalue weighted by atomic mass is 16.5. The summed E-state index contributed by atoms with van der Waals surface area (Å²) in [4.78, 5) is 11.6. The third-order valence-corrected chi connectivity index (χ3v) is 2.71. The Morgan fingerprint density at radius 1 is 1.37 bits per heavy atom. The second-order valence-corrected chi connectivity index (χ2v) is 4.24. The number of hydrogen-bond donors (Lipinski definition) is 2. The zero-order valence-corrected chi connectivity index (χ0v) is 11.2. The van der Waals surface area contributed by atoms with E-state index in [1.807, 2.05) is 30.3 Å². The summed E-state index contributed by atoms with van der Waals surface area (Å²) in [7, 11) is 0. The van der Waals surface area contributed by atoms with Crippen LogP contribution < -0.4 is 11.1 Å². The fourth-order valence-corrected chi connectivity index (χ4v) is 1.63. The smallest absolute Gasteiger partial charge is 0.220 e. The number of nitrogen functional groups attached to an aromatic ring is 1. The van der Waals surface area contributed by atoms with Gasteiger partial charge in [0.25, 0.3) is 0 Å². The van der Waals surface area contributed by atoms with Gasteiger partial charge in [-0.2, -0.15) is 0 Å². The predicted octanol–water partition coefficient (Wildman–Crippen LogP) is 1.91. The molecule has 1 aromatic rings. The van der Waals surface area contributed by atoms with Crippen LogP contribution in [0.1, 0.15) is 18.4 Å². The van der Waals surface area contributed by atoms with Gasteiger partial charge in [0.15, 0.2) is 0 Å². The van der Waals surface area contributed by atoms with Crippen LogP contribution in [0.3, 0.4) is 0 Å². The molecular weight excluding hydrogens is 240 g/mol. The summed E-state index contributed by atoms with van der Waals surface area (Å²) in [6, 6.07) is 7.61. The maximum Gasteiger partial charge on any atom is 0.220 e. The van der Waals surface area contributed by atoms with Gasteiger partial charge in [-0.25, -0.2) is 0 Å². The van der Waals surface area contributed by atoms with Crippen LogP contribution in [0.25, 0.3) is 0 Å². The van der Waals surface area contributed by atoms with Gasteiger partial charge in [-0.05, 0) is 24.5 Å². The van der Waals surface area contributed by atoms with E-state index in [1.54, 1.807) is 0 Å². The van der Waals surface area contributed by atoms with Crippen molar-refractivity contribution in [3.8, 4) is 0 Å². The average molecular weight is 262 g/mol. The molecule has 0 aromatic heterocycles. The summed E-state index contributed by atoms with van der Waals surface area (Å²) in [5.74, 6) is 0.0237. The molecule has 0 unspecified atom stereocenters. The van der Waals surface area contributed by atoms with Crippen LogP contribution in [0.4, 0.5) is 5.69 Å². The Balaban J connectivity index is 2.11. The Morgan fingerprint density at radius 2 is 2.16 bits per heavy atom. The van der Waals surface area contributed by atoms with Crippen LogP contribution in [0.15, 0.2) is 36.9 Å². The highest BCUT2D eigenvalue weighted by molar-refractivity contribution is 5.76. The Labute approximate surface area is 114 Å². The minimum Gasteiger partial charge on any atom is -0.399 e. The van der Waals surface area contributed by atoms with E-state index in [9.17, 15) is 4.79 Å². The average Bonchev–Trinajstić information content (AvgIpc) is 2.42. The topological polar surface area (TPSA) is 64.3 Å². The van der Waals surface area contributed by atoms with Crippen molar-refractivity contribution >= 4 is 11.6 Å². The maximum atomic E-state index is 11.6. The number of ether oxygens (including phenoxy) is 1. The lowest BCUT2D eigenvalue weighted by Crippen LogP contribution is -2.27. The number of para-hydroxylation sites is 1. The van der Waals surface area contributed by atoms with Crippen molar-refractivity contribution in [3.05, 3.63) is 42.5 Å². The molecule has 19 heavy (non-hydrogen) atoms. The van der Waals surface area contributed by atoms with Crippen molar-refractivity contribution < 1.29 is 9.53 Å². The molecule has 0 heterocycles. The molecule has 0 aliphatic heterocycles. The molecule has 4 heteroatoms. The summed E-state index contributed by atoms with van der Waals surface area (Å²) in [6.07, 6.45) is 3.75. The highest BCUT2D eigenvalue weighted by Gasteiger charge is 2.03. The number of carbonyl (C=O) groups excluding carboxylic acids is 1. The number of rotatable bonds is 9. The zero-order valence-electron chi connectivity index (χ0n) is 11.2. The molecule has 0 bridgehead atoms. The van der Waals surface area contributed by atoms with E-state index in [4.69, 9.17) is 10.5 Å². The van der Waals surface area contributed by atoms with Gasteiger partial charge in [0.05, 0.1) is 13.2 Å². The molecule has 0 saturated heterocycles. The molecule has 0 aliphatic carbocycles. The molecule has 1 aromatic carbocycles. The summed E-state index contributed by atoms with van der Waals surface area (Å²) in [5.41, 5.74) is 7.57. The lowest BCUT2D eigenvalue weighted by atomic mass is 10.1. The number of hydrogen-bond acceptors (Lipinski definition) is 3. The van der Waals surface area contributed by atoms with Gasteiger partial charge in [0.1, 0.15) is 0 Å². The third-order valence-electron chi connectivity index (χ3n) is 2.71. The van der Waals surface area contributed by atoms with Gasteiger partial charge in [0.2, 0.25) is 5.91 Å². The Morgan fingerprint density at radius 3 is 2.89 bits per heavy atom. The third kappa shape index (κ3) is 6.62. The van der Waals surface area contributed by atoms with E-state index in [1.165, 1.54) is 0 Å². The first-order chi connectivity index (χ1) is 9.24. The van der Waals surface area contributed by atoms with E-state index >= 15 is 0 Å². The van der Waals surface area contributed by atoms with E-state index < -0.39 is 0 Å². The van der Waals surface area contributed by atoms with Gasteiger partial charge < -0.3 is 15.8 Å². The molecule has 0 saturated carbocycles. The summed E-state index contributed by atoms with van der Waals surface area (Å²) in [5, 5.41) is 2.82. The SMILES string of the molecule is C=CCCOCCNC(=O)CCc1ccccc1N. The first kappa shape index (κ1) is 15.2. The van der Waals surface area contributed by atoms with E-state index in [-0.39, 0.29) is 5.91 Å². The number of anilines is 1. The normalized spacial score (nSPS) is 10.1. The number of nitrogens with two attached hydrogens (primary N) is 1. The van der Waals surface area contributed by atoms with E-state index in [0.29, 0.717) is 32.6 Å². The van der Waals surface area contributed by atoms with Crippen molar-refractivity contribution in [1.82, 2.24) is 5.32 Å². The first-order valence-electron chi connectivity index (χ1n) is 6.52. The fraction of sp³-hybridized carbons (Fsp3) is 0.400. The quantitative estimate of drug-likeness (QED) is 0.406. The molecule has 1 amide bonds. The predicted molar refractivity (Wildman–Crippen MR) is 77.8 cm³/mol. The van der Waals surface area contributed by atoms with Crippen molar-refractivity contribution in [1.29, 1.82) is 0 Å². The Kier molecular flexibility index (Phi) is 7.35. The van der Waals surface area contributed by atoms with Crippen LogP contribution in [-0.2, 0) is 16.0 Å². The van der Waals surface area contributed by atoms with Crippen molar-refractivity contribution in [2.24, 2.45) is 0 Å². The summed E-state index contributed by atoms with van der Waals surface area (Å²) in [6.45, 7) is 5.34. The van der Waals surface area contributed by atoms with Crippen LogP contribution >= 0.6 is 0 Å². The number of nitrogens with one attached hydrogen (secondary N) is 1. The van der Waals surface area contributed by atoms with Crippen LogP contribution in [-0.4, -0.2) is 25.7 Å². The fourth-order valence-electron chi connectivity index (χ4n) is 1.63. The molecule has 0 aliphatic rings. The Hall–Kier alpha value is -1.81. The second-order valence-electron chi connectivity index (χ2n) is 4.24. The minimum absolute atomic E-state index is 0.0237. The van der Waals surface area contributed by atoms with Crippen LogP contribution in [0.2, 0.25) is 0 Å². The maximum absolute atomic E-state index is 11.6. The first-order valence-corrected chi connectivity index (χ1v) is 6.52. The molecule has 3 N–H and O–H groups in total. The molecular formula is C15H22N2O2. The monoisotopic (exact) mass is 262 g/mol. The zero-order chi connectivity index (χ0) is 13.9. The number of aryl methyl sites for hydroxylation is 1. The lowest BCUT2D eigenvalue weighted by molar-refractivity contribution is -0.121. The molecule has 0 fully saturated rings. The molecule has 0 spiro atoms. The largest absolute Gasteiger partial charge is 0.399 e. The van der Waals surface area contributed by atoms with Crippen LogP contribution in [0, 0.1) is 0 Å². The van der Waals surface area contributed by atoms with Gasteiger partial charge in [-0.1, -0.05) is 24.3 Å². The van der Waals surface area contributed by atoms with Crippen molar-refractivity contribution in [3.63, 3.8) is 0 Å². The van der Waals surface area contributed by atoms with Gasteiger partial charge in [-0.15, -0.1) is 6.58 Å². The standard InChI is InChI=1S/C15H22N2O2/c1-2-3-11-19-12-10-17-15(18)9-8-13-6-4-5-7-14(13)16/h2,4-7H,1,3,8-12,16H2,(H,17,18). The molecule has 104 valence electrons. The molecule has 0 radical (unpaired) electrons. The van der Waals surface area contributed by atoms with E-state index in [0.717, 1.165) is 17.7 Å². The van der Waals surface area contributed by atoms with Gasteiger partial charge in [0, 0.05) is 18.7 Å². The molecule has 0 atom stereocenters. The van der Waals surface area contributed by atoms with Crippen molar-refractivity contribution in [2.75, 3.05) is 25.5 Å². The number of amides is 1. The van der Waals surface area contributed by atoms with Gasteiger partial charge >= 0.3 is 0 Å². The second kappa shape index (κ2) is 9.16. The molecule has 4 nitrogen and oxygen atoms in total. The van der Waals surface area contributed by atoms with E-state index in [2.05, 4.69) is 11.9 Å². The number of carbonyl (C=O) groups is 1. The molecule has 1 rings (SSSR count). The summed E-state index contributed by atoms with van der Waals surface area (Å²) >= 11 is 0. The van der Waals surface area contributed by atoms with Crippen LogP contribution in [0.5, 0.6) is 0 Å². The number of benzene rings is 1.